The molecule has 1 amide bonds. The Hall–Kier alpha value is -2.95. The first-order chi connectivity index (χ1) is 11.6. The lowest BCUT2D eigenvalue weighted by Gasteiger charge is -2.18. The molecule has 0 spiro atoms. The molecule has 0 aliphatic carbocycles. The zero-order valence-corrected chi connectivity index (χ0v) is 13.6. The van der Waals surface area contributed by atoms with E-state index in [0.717, 1.165) is 11.4 Å². The summed E-state index contributed by atoms with van der Waals surface area (Å²) in [5.74, 6) is -0.455. The van der Waals surface area contributed by atoms with E-state index in [-0.39, 0.29) is 18.3 Å². The third-order valence-electron chi connectivity index (χ3n) is 3.90. The van der Waals surface area contributed by atoms with E-state index >= 15 is 0 Å². The van der Waals surface area contributed by atoms with E-state index in [0.29, 0.717) is 11.1 Å². The highest BCUT2D eigenvalue weighted by Gasteiger charge is 2.14. The van der Waals surface area contributed by atoms with Gasteiger partial charge in [-0.3, -0.25) is 4.79 Å². The van der Waals surface area contributed by atoms with E-state index < -0.39 is 0 Å². The molecule has 1 heterocycles. The van der Waals surface area contributed by atoms with Gasteiger partial charge < -0.3 is 4.90 Å². The van der Waals surface area contributed by atoms with Gasteiger partial charge in [-0.15, -0.1) is 0 Å². The molecule has 3 rings (SSSR count). The molecule has 0 aliphatic rings. The van der Waals surface area contributed by atoms with Crippen LogP contribution in [0.5, 0.6) is 0 Å². The van der Waals surface area contributed by atoms with Crippen LogP contribution in [-0.2, 0) is 6.54 Å². The zero-order chi connectivity index (χ0) is 17.1. The monoisotopic (exact) mass is 323 g/mol. The van der Waals surface area contributed by atoms with E-state index in [4.69, 9.17) is 0 Å². The molecule has 1 aromatic heterocycles. The Morgan fingerprint density at radius 2 is 1.83 bits per heavy atom. The SMILES string of the molecule is Cc1ccnn1-c1ccc(C(=O)N(C)Cc2ccccc2F)cc1. The van der Waals surface area contributed by atoms with Crippen molar-refractivity contribution in [3.8, 4) is 5.69 Å². The molecule has 0 N–H and O–H groups in total. The number of halogens is 1. The van der Waals surface area contributed by atoms with Gasteiger partial charge >= 0.3 is 0 Å². The van der Waals surface area contributed by atoms with Gasteiger partial charge in [-0.1, -0.05) is 18.2 Å². The standard InChI is InChI=1S/C19H18FN3O/c1-14-11-12-21-23(14)17-9-7-15(8-10-17)19(24)22(2)13-16-5-3-4-6-18(16)20/h3-12H,13H2,1-2H3. The molecule has 0 saturated heterocycles. The Labute approximate surface area is 140 Å². The highest BCUT2D eigenvalue weighted by atomic mass is 19.1. The molecule has 0 radical (unpaired) electrons. The lowest BCUT2D eigenvalue weighted by Crippen LogP contribution is -2.26. The quantitative estimate of drug-likeness (QED) is 0.736. The fourth-order valence-corrected chi connectivity index (χ4v) is 2.56. The summed E-state index contributed by atoms with van der Waals surface area (Å²) in [7, 11) is 1.67. The maximum atomic E-state index is 13.7. The van der Waals surface area contributed by atoms with Crippen LogP contribution in [-0.4, -0.2) is 27.6 Å². The van der Waals surface area contributed by atoms with Crippen molar-refractivity contribution in [3.63, 3.8) is 0 Å². The van der Waals surface area contributed by atoms with Crippen LogP contribution < -0.4 is 0 Å². The van der Waals surface area contributed by atoms with Gasteiger partial charge in [0.1, 0.15) is 5.82 Å². The largest absolute Gasteiger partial charge is 0.337 e. The number of hydrogen-bond donors (Lipinski definition) is 0. The van der Waals surface area contributed by atoms with Crippen molar-refractivity contribution >= 4 is 5.91 Å². The fourth-order valence-electron chi connectivity index (χ4n) is 2.56. The number of amides is 1. The molecule has 24 heavy (non-hydrogen) atoms. The fraction of sp³-hybridized carbons (Fsp3) is 0.158. The highest BCUT2D eigenvalue weighted by Crippen LogP contribution is 2.14. The van der Waals surface area contributed by atoms with Crippen LogP contribution in [0.4, 0.5) is 4.39 Å². The molecule has 4 nitrogen and oxygen atoms in total. The molecule has 0 saturated carbocycles. The molecule has 0 atom stereocenters. The Balaban J connectivity index is 1.75. The van der Waals surface area contributed by atoms with Gasteiger partial charge in [-0.25, -0.2) is 9.07 Å². The smallest absolute Gasteiger partial charge is 0.253 e. The summed E-state index contributed by atoms with van der Waals surface area (Å²) in [5, 5.41) is 4.24. The lowest BCUT2D eigenvalue weighted by atomic mass is 10.1. The average Bonchev–Trinajstić information content (AvgIpc) is 3.02. The Kier molecular flexibility index (Phi) is 4.42. The number of benzene rings is 2. The van der Waals surface area contributed by atoms with Crippen molar-refractivity contribution in [2.75, 3.05) is 7.05 Å². The molecule has 5 heteroatoms. The maximum Gasteiger partial charge on any atom is 0.253 e. The minimum absolute atomic E-state index is 0.151. The lowest BCUT2D eigenvalue weighted by molar-refractivity contribution is 0.0784. The second-order valence-corrected chi connectivity index (χ2v) is 5.68. The van der Waals surface area contributed by atoms with Crippen molar-refractivity contribution in [1.29, 1.82) is 0 Å². The van der Waals surface area contributed by atoms with Gasteiger partial charge in [0.25, 0.3) is 5.91 Å². The summed E-state index contributed by atoms with van der Waals surface area (Å²) in [6.07, 6.45) is 1.73. The number of carbonyl (C=O) groups excluding carboxylic acids is 1. The molecule has 0 bridgehead atoms. The first kappa shape index (κ1) is 15.9. The Morgan fingerprint density at radius 1 is 1.12 bits per heavy atom. The summed E-state index contributed by atoms with van der Waals surface area (Å²) < 4.78 is 15.5. The third-order valence-corrected chi connectivity index (χ3v) is 3.90. The van der Waals surface area contributed by atoms with E-state index in [9.17, 15) is 9.18 Å². The molecule has 0 aliphatic heterocycles. The predicted octanol–water partition coefficient (Wildman–Crippen LogP) is 3.59. The second-order valence-electron chi connectivity index (χ2n) is 5.68. The number of rotatable bonds is 4. The van der Waals surface area contributed by atoms with E-state index in [1.807, 2.05) is 25.1 Å². The molecule has 0 unspecified atom stereocenters. The van der Waals surface area contributed by atoms with Crippen LogP contribution in [0.2, 0.25) is 0 Å². The summed E-state index contributed by atoms with van der Waals surface area (Å²) in [5.41, 5.74) is 2.97. The summed E-state index contributed by atoms with van der Waals surface area (Å²) >= 11 is 0. The van der Waals surface area contributed by atoms with Crippen molar-refractivity contribution in [2.45, 2.75) is 13.5 Å². The van der Waals surface area contributed by atoms with E-state index in [1.165, 1.54) is 11.0 Å². The summed E-state index contributed by atoms with van der Waals surface area (Å²) in [6.45, 7) is 2.19. The first-order valence-electron chi connectivity index (χ1n) is 7.66. The third kappa shape index (κ3) is 3.20. The number of hydrogen-bond acceptors (Lipinski definition) is 2. The normalized spacial score (nSPS) is 10.6. The van der Waals surface area contributed by atoms with Gasteiger partial charge in [0, 0.05) is 36.6 Å². The minimum atomic E-state index is -0.304. The van der Waals surface area contributed by atoms with Crippen LogP contribution in [0.3, 0.4) is 0 Å². The number of aromatic nitrogens is 2. The summed E-state index contributed by atoms with van der Waals surface area (Å²) in [6, 6.07) is 15.6. The first-order valence-corrected chi connectivity index (χ1v) is 7.66. The topological polar surface area (TPSA) is 38.1 Å². The van der Waals surface area contributed by atoms with Crippen molar-refractivity contribution in [3.05, 3.63) is 83.4 Å². The van der Waals surface area contributed by atoms with Crippen LogP contribution in [0.15, 0.2) is 60.8 Å². The van der Waals surface area contributed by atoms with Crippen molar-refractivity contribution in [2.24, 2.45) is 0 Å². The Morgan fingerprint density at radius 3 is 2.46 bits per heavy atom. The van der Waals surface area contributed by atoms with Crippen LogP contribution in [0, 0.1) is 12.7 Å². The van der Waals surface area contributed by atoms with Crippen LogP contribution >= 0.6 is 0 Å². The van der Waals surface area contributed by atoms with Crippen LogP contribution in [0.1, 0.15) is 21.6 Å². The predicted molar refractivity (Wildman–Crippen MR) is 90.5 cm³/mol. The highest BCUT2D eigenvalue weighted by molar-refractivity contribution is 5.94. The van der Waals surface area contributed by atoms with Gasteiger partial charge in [0.05, 0.1) is 5.69 Å². The molecule has 2 aromatic carbocycles. The number of carbonyl (C=O) groups is 1. The number of nitrogens with zero attached hydrogens (tertiary/aromatic N) is 3. The van der Waals surface area contributed by atoms with E-state index in [2.05, 4.69) is 5.10 Å². The van der Waals surface area contributed by atoms with Crippen molar-refractivity contribution < 1.29 is 9.18 Å². The molecule has 122 valence electrons. The minimum Gasteiger partial charge on any atom is -0.337 e. The average molecular weight is 323 g/mol. The molecular formula is C19H18FN3O. The zero-order valence-electron chi connectivity index (χ0n) is 13.6. The van der Waals surface area contributed by atoms with E-state index in [1.54, 1.807) is 48.3 Å². The van der Waals surface area contributed by atoms with Gasteiger partial charge in [0.2, 0.25) is 0 Å². The molecule has 3 aromatic rings. The molecular weight excluding hydrogens is 305 g/mol. The van der Waals surface area contributed by atoms with Gasteiger partial charge in [0.15, 0.2) is 0 Å². The van der Waals surface area contributed by atoms with Crippen molar-refractivity contribution in [1.82, 2.24) is 14.7 Å². The van der Waals surface area contributed by atoms with Gasteiger partial charge in [-0.05, 0) is 43.3 Å². The Bertz CT molecular complexity index is 855. The summed E-state index contributed by atoms with van der Waals surface area (Å²) in [4.78, 5) is 14.0. The number of aryl methyl sites for hydroxylation is 1. The second kappa shape index (κ2) is 6.66. The van der Waals surface area contributed by atoms with Gasteiger partial charge in [-0.2, -0.15) is 5.10 Å². The maximum absolute atomic E-state index is 13.7. The molecule has 0 fully saturated rings. The van der Waals surface area contributed by atoms with Crippen LogP contribution in [0.25, 0.3) is 5.69 Å².